The summed E-state index contributed by atoms with van der Waals surface area (Å²) in [5, 5.41) is 4.15. The van der Waals surface area contributed by atoms with Crippen LogP contribution in [0.3, 0.4) is 0 Å². The summed E-state index contributed by atoms with van der Waals surface area (Å²) in [6.07, 6.45) is 0.533. The second-order valence-electron chi connectivity index (χ2n) is 4.27. The van der Waals surface area contributed by atoms with Crippen LogP contribution in [0.5, 0.6) is 5.75 Å². The Morgan fingerprint density at radius 3 is 2.39 bits per heavy atom. The van der Waals surface area contributed by atoms with E-state index in [1.807, 2.05) is 24.3 Å². The van der Waals surface area contributed by atoms with Crippen LogP contribution in [0, 0.1) is 3.57 Å². The number of hydrogen-bond donors (Lipinski definition) is 0. The third-order valence-corrected chi connectivity index (χ3v) is 3.42. The van der Waals surface area contributed by atoms with Crippen LogP contribution in [0.4, 0.5) is 4.79 Å². The molecule has 0 saturated carbocycles. The second kappa shape index (κ2) is 7.95. The van der Waals surface area contributed by atoms with E-state index < -0.39 is 12.1 Å². The first-order valence-corrected chi connectivity index (χ1v) is 8.00. The van der Waals surface area contributed by atoms with Crippen molar-refractivity contribution in [2.24, 2.45) is 0 Å². The summed E-state index contributed by atoms with van der Waals surface area (Å²) in [5.74, 6) is -0.684. The average molecular weight is 430 g/mol. The van der Waals surface area contributed by atoms with Crippen LogP contribution < -0.4 is 4.74 Å². The van der Waals surface area contributed by atoms with Gasteiger partial charge in [0.25, 0.3) is 0 Å². The molecule has 0 unspecified atom stereocenters. The molecule has 0 amide bonds. The smallest absolute Gasteiger partial charge is 0.461 e. The molecule has 0 bridgehead atoms. The maximum absolute atomic E-state index is 12.0. The Kier molecular flexibility index (Phi) is 5.97. The molecule has 23 heavy (non-hydrogen) atoms. The monoisotopic (exact) mass is 430 g/mol. The molecule has 1 aromatic heterocycles. The molecule has 122 valence electrons. The molecule has 0 radical (unpaired) electrons. The van der Waals surface area contributed by atoms with E-state index in [-0.39, 0.29) is 24.7 Å². The third-order valence-electron chi connectivity index (χ3n) is 2.70. The van der Waals surface area contributed by atoms with Gasteiger partial charge in [0.15, 0.2) is 5.75 Å². The Balaban J connectivity index is 2.36. The van der Waals surface area contributed by atoms with E-state index in [1.54, 1.807) is 13.8 Å². The zero-order chi connectivity index (χ0) is 16.8. The number of ether oxygens (including phenoxy) is 3. The number of benzene rings is 1. The molecule has 0 aliphatic carbocycles. The lowest BCUT2D eigenvalue weighted by Gasteiger charge is -2.03. The van der Waals surface area contributed by atoms with Gasteiger partial charge in [0, 0.05) is 3.57 Å². The highest BCUT2D eigenvalue weighted by Gasteiger charge is 2.22. The van der Waals surface area contributed by atoms with E-state index in [9.17, 15) is 9.59 Å². The minimum absolute atomic E-state index is 0.0135. The fourth-order valence-corrected chi connectivity index (χ4v) is 2.10. The Morgan fingerprint density at radius 2 is 1.78 bits per heavy atom. The van der Waals surface area contributed by atoms with Crippen molar-refractivity contribution < 1.29 is 23.8 Å². The standard InChI is InChI=1S/C15H15IN2O5/c1-3-21-14(19)13-12(23-15(20)22-4-2)9-18(17-13)11-7-5-10(16)6-8-11/h5-9H,3-4H2,1-2H3. The summed E-state index contributed by atoms with van der Waals surface area (Å²) < 4.78 is 17.2. The SMILES string of the molecule is CCOC(=O)Oc1cn(-c2ccc(I)cc2)nc1C(=O)OCC. The lowest BCUT2D eigenvalue weighted by atomic mass is 10.3. The molecule has 0 aliphatic heterocycles. The van der Waals surface area contributed by atoms with Crippen LogP contribution in [-0.4, -0.2) is 35.1 Å². The van der Waals surface area contributed by atoms with Crippen molar-refractivity contribution in [1.82, 2.24) is 9.78 Å². The number of esters is 1. The van der Waals surface area contributed by atoms with Gasteiger partial charge in [-0.2, -0.15) is 5.10 Å². The van der Waals surface area contributed by atoms with Crippen LogP contribution in [0.1, 0.15) is 24.3 Å². The Hall–Kier alpha value is -2.10. The molecule has 8 heteroatoms. The Bertz CT molecular complexity index is 696. The number of hydrogen-bond acceptors (Lipinski definition) is 6. The van der Waals surface area contributed by atoms with E-state index in [0.29, 0.717) is 0 Å². The van der Waals surface area contributed by atoms with Gasteiger partial charge in [-0.05, 0) is 60.7 Å². The van der Waals surface area contributed by atoms with Crippen LogP contribution >= 0.6 is 22.6 Å². The Morgan fingerprint density at radius 1 is 1.13 bits per heavy atom. The highest BCUT2D eigenvalue weighted by Crippen LogP contribution is 2.22. The molecule has 0 saturated heterocycles. The van der Waals surface area contributed by atoms with Crippen LogP contribution in [0.25, 0.3) is 5.69 Å². The van der Waals surface area contributed by atoms with Crippen molar-refractivity contribution in [1.29, 1.82) is 0 Å². The summed E-state index contributed by atoms with van der Waals surface area (Å²) in [6, 6.07) is 7.46. The van der Waals surface area contributed by atoms with Gasteiger partial charge in [0.1, 0.15) is 0 Å². The van der Waals surface area contributed by atoms with Crippen molar-refractivity contribution in [2.75, 3.05) is 13.2 Å². The average Bonchev–Trinajstić information content (AvgIpc) is 2.92. The second-order valence-corrected chi connectivity index (χ2v) is 5.51. The van der Waals surface area contributed by atoms with E-state index >= 15 is 0 Å². The number of rotatable bonds is 5. The molecule has 7 nitrogen and oxygen atoms in total. The molecule has 0 aliphatic rings. The van der Waals surface area contributed by atoms with Gasteiger partial charge in [-0.1, -0.05) is 0 Å². The van der Waals surface area contributed by atoms with Crippen LogP contribution in [0.15, 0.2) is 30.5 Å². The molecule has 0 atom stereocenters. The molecule has 0 spiro atoms. The van der Waals surface area contributed by atoms with Gasteiger partial charge in [-0.15, -0.1) is 0 Å². The number of carbonyl (C=O) groups excluding carboxylic acids is 2. The minimum atomic E-state index is -0.903. The fraction of sp³-hybridized carbons (Fsp3) is 0.267. The lowest BCUT2D eigenvalue weighted by molar-refractivity contribution is 0.0513. The summed E-state index contributed by atoms with van der Waals surface area (Å²) in [4.78, 5) is 23.5. The van der Waals surface area contributed by atoms with E-state index in [2.05, 4.69) is 27.7 Å². The van der Waals surface area contributed by atoms with E-state index in [0.717, 1.165) is 9.26 Å². The van der Waals surface area contributed by atoms with Crippen molar-refractivity contribution >= 4 is 34.7 Å². The third kappa shape index (κ3) is 4.44. The number of halogens is 1. The van der Waals surface area contributed by atoms with Crippen molar-refractivity contribution in [2.45, 2.75) is 13.8 Å². The summed E-state index contributed by atoms with van der Waals surface area (Å²) in [6.45, 7) is 3.69. The first-order chi connectivity index (χ1) is 11.0. The largest absolute Gasteiger partial charge is 0.513 e. The molecule has 1 aromatic carbocycles. The summed E-state index contributed by atoms with van der Waals surface area (Å²) in [5.41, 5.74) is 0.633. The van der Waals surface area contributed by atoms with Crippen molar-refractivity contribution in [3.05, 3.63) is 39.7 Å². The predicted octanol–water partition coefficient (Wildman–Crippen LogP) is 3.19. The van der Waals surface area contributed by atoms with Gasteiger partial charge >= 0.3 is 12.1 Å². The van der Waals surface area contributed by atoms with Gasteiger partial charge in [-0.3, -0.25) is 0 Å². The van der Waals surface area contributed by atoms with Gasteiger partial charge in [0.05, 0.1) is 25.1 Å². The zero-order valence-corrected chi connectivity index (χ0v) is 14.8. The molecule has 2 aromatic rings. The van der Waals surface area contributed by atoms with E-state index in [1.165, 1.54) is 10.9 Å². The van der Waals surface area contributed by atoms with Gasteiger partial charge in [0.2, 0.25) is 5.69 Å². The van der Waals surface area contributed by atoms with Gasteiger partial charge in [-0.25, -0.2) is 14.3 Å². The van der Waals surface area contributed by atoms with Crippen LogP contribution in [-0.2, 0) is 9.47 Å². The highest BCUT2D eigenvalue weighted by atomic mass is 127. The molecular formula is C15H15IN2O5. The predicted molar refractivity (Wildman–Crippen MR) is 89.9 cm³/mol. The molecule has 0 fully saturated rings. The normalized spacial score (nSPS) is 10.2. The van der Waals surface area contributed by atoms with E-state index in [4.69, 9.17) is 14.2 Å². The summed E-state index contributed by atoms with van der Waals surface area (Å²) >= 11 is 2.18. The summed E-state index contributed by atoms with van der Waals surface area (Å²) in [7, 11) is 0. The first-order valence-electron chi connectivity index (χ1n) is 6.92. The van der Waals surface area contributed by atoms with Crippen LogP contribution in [0.2, 0.25) is 0 Å². The maximum Gasteiger partial charge on any atom is 0.513 e. The maximum atomic E-state index is 12.0. The number of nitrogens with zero attached hydrogens (tertiary/aromatic N) is 2. The number of aromatic nitrogens is 2. The zero-order valence-electron chi connectivity index (χ0n) is 12.6. The number of carbonyl (C=O) groups is 2. The molecule has 0 N–H and O–H groups in total. The quantitative estimate of drug-likeness (QED) is 0.536. The van der Waals surface area contributed by atoms with Crippen molar-refractivity contribution in [3.63, 3.8) is 0 Å². The fourth-order valence-electron chi connectivity index (χ4n) is 1.74. The van der Waals surface area contributed by atoms with Crippen molar-refractivity contribution in [3.8, 4) is 11.4 Å². The molecule has 1 heterocycles. The van der Waals surface area contributed by atoms with Gasteiger partial charge < -0.3 is 14.2 Å². The molecule has 2 rings (SSSR count). The highest BCUT2D eigenvalue weighted by molar-refractivity contribution is 14.1. The molecular weight excluding hydrogens is 415 g/mol. The Labute approximate surface area is 146 Å². The topological polar surface area (TPSA) is 79.7 Å². The minimum Gasteiger partial charge on any atom is -0.461 e. The first kappa shape index (κ1) is 17.3. The lowest BCUT2D eigenvalue weighted by Crippen LogP contribution is -2.13.